The Labute approximate surface area is 70.3 Å². The molecular weight excluding hydrogens is 156 g/mol. The molecular formula is C7H12N4O. The van der Waals surface area contributed by atoms with Gasteiger partial charge in [0.2, 0.25) is 0 Å². The lowest BCUT2D eigenvalue weighted by atomic mass is 9.99. The highest BCUT2D eigenvalue weighted by atomic mass is 16.5. The molecule has 1 fully saturated rings. The monoisotopic (exact) mass is 168 g/mol. The van der Waals surface area contributed by atoms with Gasteiger partial charge in [0, 0.05) is 12.5 Å². The van der Waals surface area contributed by atoms with Gasteiger partial charge in [0.25, 0.3) is 0 Å². The molecule has 2 heterocycles. The van der Waals surface area contributed by atoms with Gasteiger partial charge in [0.15, 0.2) is 5.82 Å². The van der Waals surface area contributed by atoms with Crippen LogP contribution in [0.4, 0.5) is 6.01 Å². The van der Waals surface area contributed by atoms with Crippen molar-refractivity contribution < 1.29 is 4.52 Å². The van der Waals surface area contributed by atoms with E-state index in [1.807, 2.05) is 0 Å². The van der Waals surface area contributed by atoms with Crippen LogP contribution in [-0.4, -0.2) is 23.2 Å². The third kappa shape index (κ3) is 1.40. The average Bonchev–Trinajstić information content (AvgIpc) is 2.54. The molecule has 0 bridgehead atoms. The number of nitrogens with one attached hydrogen (secondary N) is 1. The first kappa shape index (κ1) is 7.54. The van der Waals surface area contributed by atoms with Crippen molar-refractivity contribution in [2.24, 2.45) is 0 Å². The normalized spacial score (nSPS) is 24.2. The van der Waals surface area contributed by atoms with Crippen molar-refractivity contribution >= 4 is 6.01 Å². The van der Waals surface area contributed by atoms with E-state index < -0.39 is 0 Å². The van der Waals surface area contributed by atoms with Gasteiger partial charge in [-0.05, 0) is 19.4 Å². The molecule has 0 aromatic carbocycles. The van der Waals surface area contributed by atoms with Gasteiger partial charge in [-0.3, -0.25) is 0 Å². The van der Waals surface area contributed by atoms with Gasteiger partial charge in [-0.1, -0.05) is 5.16 Å². The molecule has 1 saturated heterocycles. The highest BCUT2D eigenvalue weighted by Crippen LogP contribution is 2.20. The maximum Gasteiger partial charge on any atom is 0.318 e. The summed E-state index contributed by atoms with van der Waals surface area (Å²) < 4.78 is 4.71. The number of nitrogen functional groups attached to an aromatic ring is 1. The standard InChI is InChI=1S/C7H12N4O/c8-7-10-6(11-12-7)5-2-1-3-9-4-5/h5,9H,1-4H2,(H2,8,10,11). The van der Waals surface area contributed by atoms with E-state index in [9.17, 15) is 0 Å². The average molecular weight is 168 g/mol. The van der Waals surface area contributed by atoms with Crippen LogP contribution in [0.2, 0.25) is 0 Å². The molecule has 5 nitrogen and oxygen atoms in total. The maximum atomic E-state index is 5.32. The van der Waals surface area contributed by atoms with E-state index in [2.05, 4.69) is 15.5 Å². The smallest absolute Gasteiger partial charge is 0.318 e. The van der Waals surface area contributed by atoms with Crippen LogP contribution < -0.4 is 11.1 Å². The summed E-state index contributed by atoms with van der Waals surface area (Å²) in [5, 5.41) is 7.07. The molecule has 1 aromatic rings. The highest BCUT2D eigenvalue weighted by molar-refractivity contribution is 5.10. The molecule has 3 N–H and O–H groups in total. The summed E-state index contributed by atoms with van der Waals surface area (Å²) in [6, 6.07) is 0.163. The second-order valence-corrected chi connectivity index (χ2v) is 3.03. The number of rotatable bonds is 1. The van der Waals surface area contributed by atoms with Crippen LogP contribution in [0.15, 0.2) is 4.52 Å². The van der Waals surface area contributed by atoms with E-state index in [0.29, 0.717) is 5.92 Å². The number of hydrogen-bond acceptors (Lipinski definition) is 5. The summed E-state index contributed by atoms with van der Waals surface area (Å²) in [6.07, 6.45) is 2.28. The van der Waals surface area contributed by atoms with E-state index in [1.165, 1.54) is 6.42 Å². The van der Waals surface area contributed by atoms with Gasteiger partial charge in [-0.15, -0.1) is 0 Å². The summed E-state index contributed by atoms with van der Waals surface area (Å²) >= 11 is 0. The Balaban J connectivity index is 2.08. The largest absolute Gasteiger partial charge is 0.351 e. The molecule has 1 atom stereocenters. The summed E-state index contributed by atoms with van der Waals surface area (Å²) in [4.78, 5) is 3.99. The lowest BCUT2D eigenvalue weighted by Crippen LogP contribution is -2.28. The van der Waals surface area contributed by atoms with Crippen LogP contribution in [0.3, 0.4) is 0 Å². The third-order valence-corrected chi connectivity index (χ3v) is 2.12. The highest BCUT2D eigenvalue weighted by Gasteiger charge is 2.19. The lowest BCUT2D eigenvalue weighted by Gasteiger charge is -2.19. The quantitative estimate of drug-likeness (QED) is 0.622. The number of nitrogens with two attached hydrogens (primary N) is 1. The minimum absolute atomic E-state index is 0.163. The van der Waals surface area contributed by atoms with Crippen molar-refractivity contribution in [1.29, 1.82) is 0 Å². The lowest BCUT2D eigenvalue weighted by molar-refractivity contribution is 0.395. The third-order valence-electron chi connectivity index (χ3n) is 2.12. The van der Waals surface area contributed by atoms with Crippen molar-refractivity contribution in [3.8, 4) is 0 Å². The Morgan fingerprint density at radius 2 is 2.50 bits per heavy atom. The molecule has 1 aliphatic rings. The molecule has 0 radical (unpaired) electrons. The number of piperidine rings is 1. The first-order chi connectivity index (χ1) is 5.86. The first-order valence-electron chi connectivity index (χ1n) is 4.16. The molecule has 0 spiro atoms. The Morgan fingerprint density at radius 1 is 1.58 bits per heavy atom. The number of nitrogens with zero attached hydrogens (tertiary/aromatic N) is 2. The fourth-order valence-corrected chi connectivity index (χ4v) is 1.49. The van der Waals surface area contributed by atoms with E-state index in [1.54, 1.807) is 0 Å². The topological polar surface area (TPSA) is 77.0 Å². The second kappa shape index (κ2) is 3.10. The van der Waals surface area contributed by atoms with Crippen LogP contribution in [0.1, 0.15) is 24.6 Å². The van der Waals surface area contributed by atoms with Gasteiger partial charge in [-0.2, -0.15) is 4.98 Å². The molecule has 66 valence electrons. The van der Waals surface area contributed by atoms with Crippen LogP contribution in [0.5, 0.6) is 0 Å². The summed E-state index contributed by atoms with van der Waals surface area (Å²) in [7, 11) is 0. The van der Waals surface area contributed by atoms with Crippen molar-refractivity contribution in [2.75, 3.05) is 18.8 Å². The van der Waals surface area contributed by atoms with Crippen molar-refractivity contribution in [2.45, 2.75) is 18.8 Å². The first-order valence-corrected chi connectivity index (χ1v) is 4.16. The molecule has 0 aliphatic carbocycles. The SMILES string of the molecule is Nc1nc(C2CCCNC2)no1. The minimum Gasteiger partial charge on any atom is -0.351 e. The fourth-order valence-electron chi connectivity index (χ4n) is 1.49. The number of hydrogen-bond donors (Lipinski definition) is 2. The zero-order chi connectivity index (χ0) is 8.39. The molecule has 2 rings (SSSR count). The van der Waals surface area contributed by atoms with Crippen LogP contribution >= 0.6 is 0 Å². The van der Waals surface area contributed by atoms with Gasteiger partial charge in [0.05, 0.1) is 0 Å². The van der Waals surface area contributed by atoms with Gasteiger partial charge < -0.3 is 15.6 Å². The molecule has 5 heteroatoms. The summed E-state index contributed by atoms with van der Waals surface area (Å²) in [6.45, 7) is 2.02. The Morgan fingerprint density at radius 3 is 3.08 bits per heavy atom. The maximum absolute atomic E-state index is 5.32. The molecule has 0 saturated carbocycles. The number of anilines is 1. The minimum atomic E-state index is 0.163. The molecule has 1 aromatic heterocycles. The van der Waals surface area contributed by atoms with Gasteiger partial charge in [-0.25, -0.2) is 0 Å². The van der Waals surface area contributed by atoms with Crippen LogP contribution in [-0.2, 0) is 0 Å². The fraction of sp³-hybridized carbons (Fsp3) is 0.714. The van der Waals surface area contributed by atoms with Crippen molar-refractivity contribution in [3.05, 3.63) is 5.82 Å². The predicted octanol–water partition coefficient (Wildman–Crippen LogP) is 0.119. The summed E-state index contributed by atoms with van der Waals surface area (Å²) in [5.41, 5.74) is 5.32. The van der Waals surface area contributed by atoms with Gasteiger partial charge in [0.1, 0.15) is 0 Å². The zero-order valence-electron chi connectivity index (χ0n) is 6.79. The Bertz CT molecular complexity index is 254. The Hall–Kier alpha value is -1.10. The van der Waals surface area contributed by atoms with Crippen LogP contribution in [0, 0.1) is 0 Å². The number of aromatic nitrogens is 2. The second-order valence-electron chi connectivity index (χ2n) is 3.03. The molecule has 12 heavy (non-hydrogen) atoms. The predicted molar refractivity (Wildman–Crippen MR) is 43.6 cm³/mol. The van der Waals surface area contributed by atoms with Crippen LogP contribution in [0.25, 0.3) is 0 Å². The van der Waals surface area contributed by atoms with Crippen molar-refractivity contribution in [1.82, 2.24) is 15.5 Å². The van der Waals surface area contributed by atoms with Crippen molar-refractivity contribution in [3.63, 3.8) is 0 Å². The van der Waals surface area contributed by atoms with E-state index in [-0.39, 0.29) is 6.01 Å². The zero-order valence-corrected chi connectivity index (χ0v) is 6.79. The van der Waals surface area contributed by atoms with Gasteiger partial charge >= 0.3 is 6.01 Å². The summed E-state index contributed by atoms with van der Waals surface area (Å²) in [5.74, 6) is 1.11. The van der Waals surface area contributed by atoms with E-state index in [4.69, 9.17) is 10.3 Å². The van der Waals surface area contributed by atoms with E-state index >= 15 is 0 Å². The molecule has 1 unspecified atom stereocenters. The molecule has 1 aliphatic heterocycles. The Kier molecular flexibility index (Phi) is 1.95. The van der Waals surface area contributed by atoms with E-state index in [0.717, 1.165) is 25.3 Å². The molecule has 0 amide bonds.